The predicted molar refractivity (Wildman–Crippen MR) is 84.3 cm³/mol. The fourth-order valence-corrected chi connectivity index (χ4v) is 2.81. The summed E-state index contributed by atoms with van der Waals surface area (Å²) in [6.45, 7) is 4.52. The van der Waals surface area contributed by atoms with Crippen LogP contribution in [0.25, 0.3) is 11.1 Å². The number of carbonyl (C=O) groups is 1. The van der Waals surface area contributed by atoms with Crippen LogP contribution >= 0.6 is 0 Å². The van der Waals surface area contributed by atoms with Crippen LogP contribution in [0.1, 0.15) is 33.7 Å². The zero-order chi connectivity index (χ0) is 16.3. The summed E-state index contributed by atoms with van der Waals surface area (Å²) < 4.78 is 2.00. The van der Waals surface area contributed by atoms with E-state index >= 15 is 0 Å². The minimum absolute atomic E-state index is 0.0924. The summed E-state index contributed by atoms with van der Waals surface area (Å²) in [4.78, 5) is 11.9. The Kier molecular flexibility index (Phi) is 4.64. The first kappa shape index (κ1) is 15.8. The van der Waals surface area contributed by atoms with Gasteiger partial charge in [0.25, 0.3) is 5.91 Å². The van der Waals surface area contributed by atoms with Crippen LogP contribution in [0.15, 0.2) is 24.3 Å². The minimum atomic E-state index is -0.470. The van der Waals surface area contributed by atoms with Gasteiger partial charge in [-0.15, -0.1) is 0 Å². The van der Waals surface area contributed by atoms with Crippen LogP contribution < -0.4 is 5.73 Å². The molecule has 1 aromatic carbocycles. The summed E-state index contributed by atoms with van der Waals surface area (Å²) in [7, 11) is 0. The van der Waals surface area contributed by atoms with Gasteiger partial charge >= 0.3 is 0 Å². The molecule has 1 aromatic heterocycles. The Bertz CT molecular complexity index is 737. The molecule has 114 valence electrons. The average molecular weight is 297 g/mol. The molecule has 0 aliphatic heterocycles. The van der Waals surface area contributed by atoms with E-state index in [1.807, 2.05) is 30.5 Å². The topological polar surface area (TPSA) is 92.0 Å². The van der Waals surface area contributed by atoms with Crippen LogP contribution in [-0.2, 0) is 6.54 Å². The Labute approximate surface area is 129 Å². The number of nitrogens with zero attached hydrogens (tertiary/aromatic N) is 2. The zero-order valence-corrected chi connectivity index (χ0v) is 12.8. The van der Waals surface area contributed by atoms with Gasteiger partial charge in [0, 0.05) is 30.1 Å². The number of nitrogens with two attached hydrogens (primary N) is 1. The van der Waals surface area contributed by atoms with Crippen molar-refractivity contribution in [2.75, 3.05) is 6.61 Å². The number of rotatable bonds is 5. The van der Waals surface area contributed by atoms with Crippen molar-refractivity contribution >= 4 is 5.91 Å². The lowest BCUT2D eigenvalue weighted by Crippen LogP contribution is -2.13. The highest BCUT2D eigenvalue weighted by Gasteiger charge is 2.22. The van der Waals surface area contributed by atoms with Crippen LogP contribution in [0.5, 0.6) is 0 Å². The number of aliphatic hydroxyl groups is 1. The van der Waals surface area contributed by atoms with E-state index in [1.165, 1.54) is 0 Å². The molecular formula is C17H19N3O2. The van der Waals surface area contributed by atoms with Gasteiger partial charge in [-0.3, -0.25) is 4.79 Å². The average Bonchev–Trinajstić information content (AvgIpc) is 2.76. The molecule has 22 heavy (non-hydrogen) atoms. The van der Waals surface area contributed by atoms with Crippen molar-refractivity contribution in [1.29, 1.82) is 5.26 Å². The number of aliphatic hydroxyl groups excluding tert-OH is 1. The van der Waals surface area contributed by atoms with E-state index in [0.29, 0.717) is 24.1 Å². The smallest absolute Gasteiger partial charge is 0.251 e. The van der Waals surface area contributed by atoms with Crippen molar-refractivity contribution in [1.82, 2.24) is 4.57 Å². The molecule has 0 aliphatic rings. The highest BCUT2D eigenvalue weighted by molar-refractivity contribution is 6.02. The Morgan fingerprint density at radius 3 is 2.41 bits per heavy atom. The van der Waals surface area contributed by atoms with E-state index in [9.17, 15) is 4.79 Å². The van der Waals surface area contributed by atoms with Crippen molar-refractivity contribution in [3.8, 4) is 17.2 Å². The van der Waals surface area contributed by atoms with Crippen molar-refractivity contribution in [3.05, 3.63) is 46.8 Å². The number of hydrogen-bond donors (Lipinski definition) is 2. The van der Waals surface area contributed by atoms with Crippen LogP contribution in [-0.4, -0.2) is 22.2 Å². The lowest BCUT2D eigenvalue weighted by atomic mass is 9.99. The number of aromatic nitrogens is 1. The quantitative estimate of drug-likeness (QED) is 0.885. The highest BCUT2D eigenvalue weighted by atomic mass is 16.3. The number of benzene rings is 1. The second-order valence-corrected chi connectivity index (χ2v) is 5.20. The van der Waals surface area contributed by atoms with Gasteiger partial charge in [-0.25, -0.2) is 0 Å². The van der Waals surface area contributed by atoms with Gasteiger partial charge in [-0.1, -0.05) is 12.1 Å². The highest BCUT2D eigenvalue weighted by Crippen LogP contribution is 2.32. The maximum absolute atomic E-state index is 11.9. The molecule has 0 atom stereocenters. The molecule has 0 fully saturated rings. The molecule has 0 radical (unpaired) electrons. The number of carbonyl (C=O) groups excluding carboxylic acids is 1. The van der Waals surface area contributed by atoms with Crippen molar-refractivity contribution in [3.63, 3.8) is 0 Å². The lowest BCUT2D eigenvalue weighted by Gasteiger charge is -2.08. The normalized spacial score (nSPS) is 10.5. The fraction of sp³-hybridized carbons (Fsp3) is 0.294. The number of primary amides is 1. The summed E-state index contributed by atoms with van der Waals surface area (Å²) in [6.07, 6.45) is 0.612. The first-order valence-corrected chi connectivity index (χ1v) is 7.12. The summed E-state index contributed by atoms with van der Waals surface area (Å²) in [5.41, 5.74) is 10.0. The number of amides is 1. The van der Waals surface area contributed by atoms with Gasteiger partial charge in [0.05, 0.1) is 17.2 Å². The van der Waals surface area contributed by atoms with E-state index in [2.05, 4.69) is 6.07 Å². The second kappa shape index (κ2) is 6.46. The summed E-state index contributed by atoms with van der Waals surface area (Å²) in [5, 5.41) is 17.9. The minimum Gasteiger partial charge on any atom is -0.396 e. The van der Waals surface area contributed by atoms with Crippen molar-refractivity contribution < 1.29 is 9.90 Å². The SMILES string of the molecule is Cc1c(C(N)=O)c(-c2ccc(C#N)cc2)c(C)n1CCCO. The van der Waals surface area contributed by atoms with Crippen LogP contribution in [0.2, 0.25) is 0 Å². The largest absolute Gasteiger partial charge is 0.396 e. The molecule has 2 aromatic rings. The Hall–Kier alpha value is -2.58. The van der Waals surface area contributed by atoms with Crippen LogP contribution in [0.3, 0.4) is 0 Å². The Morgan fingerprint density at radius 1 is 1.27 bits per heavy atom. The van der Waals surface area contributed by atoms with E-state index < -0.39 is 5.91 Å². The van der Waals surface area contributed by atoms with E-state index in [-0.39, 0.29) is 6.61 Å². The Balaban J connectivity index is 2.62. The molecule has 0 unspecified atom stereocenters. The molecule has 5 nitrogen and oxygen atoms in total. The maximum Gasteiger partial charge on any atom is 0.251 e. The first-order chi connectivity index (χ1) is 10.5. The Morgan fingerprint density at radius 2 is 1.91 bits per heavy atom. The molecule has 0 saturated carbocycles. The van der Waals surface area contributed by atoms with E-state index in [1.54, 1.807) is 12.1 Å². The third kappa shape index (κ3) is 2.74. The maximum atomic E-state index is 11.9. The summed E-state index contributed by atoms with van der Waals surface area (Å²) >= 11 is 0. The van der Waals surface area contributed by atoms with Gasteiger partial charge in [0.1, 0.15) is 0 Å². The molecule has 3 N–H and O–H groups in total. The fourth-order valence-electron chi connectivity index (χ4n) is 2.81. The predicted octanol–water partition coefficient (Wildman–Crippen LogP) is 2.12. The van der Waals surface area contributed by atoms with Gasteiger partial charge in [-0.2, -0.15) is 5.26 Å². The molecule has 1 amide bonds. The molecule has 1 heterocycles. The molecule has 0 saturated heterocycles. The summed E-state index contributed by atoms with van der Waals surface area (Å²) in [5.74, 6) is -0.470. The van der Waals surface area contributed by atoms with Crippen molar-refractivity contribution in [2.24, 2.45) is 5.73 Å². The lowest BCUT2D eigenvalue weighted by molar-refractivity contribution is 0.1000. The molecule has 0 bridgehead atoms. The molecule has 0 spiro atoms. The van der Waals surface area contributed by atoms with Crippen LogP contribution in [0, 0.1) is 25.2 Å². The molecule has 2 rings (SSSR count). The number of nitriles is 1. The van der Waals surface area contributed by atoms with Gasteiger partial charge in [0.15, 0.2) is 0 Å². The monoisotopic (exact) mass is 297 g/mol. The second-order valence-electron chi connectivity index (χ2n) is 5.20. The molecular weight excluding hydrogens is 278 g/mol. The van der Waals surface area contributed by atoms with Crippen molar-refractivity contribution in [2.45, 2.75) is 26.8 Å². The molecule has 0 aliphatic carbocycles. The van der Waals surface area contributed by atoms with Gasteiger partial charge < -0.3 is 15.4 Å². The van der Waals surface area contributed by atoms with Crippen LogP contribution in [0.4, 0.5) is 0 Å². The third-order valence-electron chi connectivity index (χ3n) is 3.87. The zero-order valence-electron chi connectivity index (χ0n) is 12.8. The van der Waals surface area contributed by atoms with Gasteiger partial charge in [0.2, 0.25) is 0 Å². The number of hydrogen-bond acceptors (Lipinski definition) is 3. The van der Waals surface area contributed by atoms with E-state index in [4.69, 9.17) is 16.1 Å². The molecule has 5 heteroatoms. The first-order valence-electron chi connectivity index (χ1n) is 7.12. The third-order valence-corrected chi connectivity index (χ3v) is 3.87. The van der Waals surface area contributed by atoms with E-state index in [0.717, 1.165) is 22.5 Å². The standard InChI is InChI=1S/C17H19N3O2/c1-11-15(14-6-4-13(10-18)5-7-14)16(17(19)22)12(2)20(11)8-3-9-21/h4-7,21H,3,8-9H2,1-2H3,(H2,19,22). The summed E-state index contributed by atoms with van der Waals surface area (Å²) in [6, 6.07) is 9.17. The van der Waals surface area contributed by atoms with Gasteiger partial charge in [-0.05, 0) is 38.0 Å².